The number of anilines is 1. The number of ether oxygens (including phenoxy) is 2. The quantitative estimate of drug-likeness (QED) is 0.628. The van der Waals surface area contributed by atoms with Crippen LogP contribution >= 0.6 is 11.6 Å². The fourth-order valence-electron chi connectivity index (χ4n) is 1.85. The van der Waals surface area contributed by atoms with E-state index in [1.807, 2.05) is 0 Å². The van der Waals surface area contributed by atoms with Gasteiger partial charge < -0.3 is 19.9 Å². The summed E-state index contributed by atoms with van der Waals surface area (Å²) in [7, 11) is 3.13. The molecule has 0 radical (unpaired) electrons. The summed E-state index contributed by atoms with van der Waals surface area (Å²) in [4.78, 5) is 8.35. The Balaban J connectivity index is 2.50. The Morgan fingerprint density at radius 1 is 1.20 bits per heavy atom. The molecule has 1 heterocycles. The average Bonchev–Trinajstić information content (AvgIpc) is 2.45. The molecule has 0 fully saturated rings. The van der Waals surface area contributed by atoms with Gasteiger partial charge in [0.15, 0.2) is 11.5 Å². The summed E-state index contributed by atoms with van der Waals surface area (Å²) in [6.45, 7) is 0.703. The van der Waals surface area contributed by atoms with E-state index in [1.54, 1.807) is 26.4 Å². The molecule has 0 saturated carbocycles. The Labute approximate surface area is 121 Å². The van der Waals surface area contributed by atoms with Crippen molar-refractivity contribution in [3.63, 3.8) is 0 Å². The molecule has 0 amide bonds. The Bertz CT molecular complexity index is 607. The Hall–Kier alpha value is -1.79. The zero-order valence-corrected chi connectivity index (χ0v) is 12.1. The van der Waals surface area contributed by atoms with Gasteiger partial charge in [-0.05, 0) is 24.1 Å². The van der Waals surface area contributed by atoms with Crippen molar-refractivity contribution < 1.29 is 14.6 Å². The summed E-state index contributed by atoms with van der Waals surface area (Å²) in [6, 6.07) is 3.55. The third-order valence-corrected chi connectivity index (χ3v) is 2.97. The van der Waals surface area contributed by atoms with Gasteiger partial charge in [0.25, 0.3) is 0 Å². The standard InChI is InChI=1S/C13H16ClN3O3/c1-19-10-6-8-9(7-11(10)20-2)16-13(14)17-12(8)15-4-3-5-18/h6-7,18H,3-5H2,1-2H3,(H,15,16,17). The zero-order chi connectivity index (χ0) is 14.5. The summed E-state index contributed by atoms with van der Waals surface area (Å²) < 4.78 is 10.5. The second-order valence-corrected chi connectivity index (χ2v) is 4.41. The van der Waals surface area contributed by atoms with E-state index in [0.29, 0.717) is 35.8 Å². The van der Waals surface area contributed by atoms with E-state index in [2.05, 4.69) is 15.3 Å². The lowest BCUT2D eigenvalue weighted by molar-refractivity contribution is 0.292. The van der Waals surface area contributed by atoms with E-state index >= 15 is 0 Å². The summed E-state index contributed by atoms with van der Waals surface area (Å²) in [5, 5.41) is 12.9. The third kappa shape index (κ3) is 3.02. The molecule has 20 heavy (non-hydrogen) atoms. The summed E-state index contributed by atoms with van der Waals surface area (Å²) in [5.41, 5.74) is 0.661. The second-order valence-electron chi connectivity index (χ2n) is 4.07. The molecule has 0 aliphatic heterocycles. The number of fused-ring (bicyclic) bond motifs is 1. The summed E-state index contributed by atoms with van der Waals surface area (Å²) in [6.07, 6.45) is 0.621. The highest BCUT2D eigenvalue weighted by atomic mass is 35.5. The van der Waals surface area contributed by atoms with Crippen LogP contribution in [-0.4, -0.2) is 42.4 Å². The molecule has 1 aromatic carbocycles. The Kier molecular flexibility index (Phi) is 4.81. The molecule has 6 nitrogen and oxygen atoms in total. The van der Waals surface area contributed by atoms with Gasteiger partial charge in [-0.2, -0.15) is 0 Å². The number of hydrogen-bond donors (Lipinski definition) is 2. The van der Waals surface area contributed by atoms with Crippen LogP contribution in [0.1, 0.15) is 6.42 Å². The molecular weight excluding hydrogens is 282 g/mol. The van der Waals surface area contributed by atoms with Crippen LogP contribution in [0.5, 0.6) is 11.5 Å². The maximum absolute atomic E-state index is 8.83. The number of aliphatic hydroxyl groups excluding tert-OH is 1. The lowest BCUT2D eigenvalue weighted by atomic mass is 10.2. The topological polar surface area (TPSA) is 76.5 Å². The maximum atomic E-state index is 8.83. The molecule has 1 aromatic heterocycles. The first kappa shape index (κ1) is 14.6. The van der Waals surface area contributed by atoms with E-state index in [-0.39, 0.29) is 11.9 Å². The summed E-state index contributed by atoms with van der Waals surface area (Å²) >= 11 is 5.92. The van der Waals surface area contributed by atoms with Crippen LogP contribution in [-0.2, 0) is 0 Å². The molecule has 0 saturated heterocycles. The number of nitrogens with one attached hydrogen (secondary N) is 1. The number of nitrogens with zero attached hydrogens (tertiary/aromatic N) is 2. The highest BCUT2D eigenvalue weighted by molar-refractivity contribution is 6.28. The molecule has 7 heteroatoms. The number of methoxy groups -OCH3 is 2. The predicted octanol–water partition coefficient (Wildman–Crippen LogP) is 2.09. The Morgan fingerprint density at radius 2 is 1.90 bits per heavy atom. The second kappa shape index (κ2) is 6.58. The molecular formula is C13H16ClN3O3. The van der Waals surface area contributed by atoms with Crippen molar-refractivity contribution in [3.8, 4) is 11.5 Å². The van der Waals surface area contributed by atoms with Gasteiger partial charge in [-0.1, -0.05) is 0 Å². The first-order valence-corrected chi connectivity index (χ1v) is 6.51. The van der Waals surface area contributed by atoms with Crippen LogP contribution in [0.15, 0.2) is 12.1 Å². The van der Waals surface area contributed by atoms with Crippen molar-refractivity contribution in [1.82, 2.24) is 9.97 Å². The lowest BCUT2D eigenvalue weighted by Crippen LogP contribution is -2.06. The maximum Gasteiger partial charge on any atom is 0.224 e. The molecule has 0 unspecified atom stereocenters. The number of aromatic nitrogens is 2. The molecule has 0 atom stereocenters. The molecule has 0 aliphatic rings. The number of hydrogen-bond acceptors (Lipinski definition) is 6. The first-order chi connectivity index (χ1) is 9.69. The summed E-state index contributed by atoms with van der Waals surface area (Å²) in [5.74, 6) is 1.78. The Morgan fingerprint density at radius 3 is 2.55 bits per heavy atom. The SMILES string of the molecule is COc1cc2nc(Cl)nc(NCCCO)c2cc1OC. The fraction of sp³-hybridized carbons (Fsp3) is 0.385. The normalized spacial score (nSPS) is 10.6. The number of aliphatic hydroxyl groups is 1. The van der Waals surface area contributed by atoms with Crippen molar-refractivity contribution in [3.05, 3.63) is 17.4 Å². The van der Waals surface area contributed by atoms with Crippen molar-refractivity contribution in [2.24, 2.45) is 0 Å². The van der Waals surface area contributed by atoms with Gasteiger partial charge in [0.1, 0.15) is 5.82 Å². The minimum absolute atomic E-state index is 0.112. The van der Waals surface area contributed by atoms with Crippen LogP contribution in [0.2, 0.25) is 5.28 Å². The van der Waals surface area contributed by atoms with E-state index < -0.39 is 0 Å². The van der Waals surface area contributed by atoms with E-state index in [1.165, 1.54) is 0 Å². The molecule has 0 aliphatic carbocycles. The molecule has 0 spiro atoms. The first-order valence-electron chi connectivity index (χ1n) is 6.13. The van der Waals surface area contributed by atoms with Gasteiger partial charge >= 0.3 is 0 Å². The lowest BCUT2D eigenvalue weighted by Gasteiger charge is -2.12. The number of benzene rings is 1. The van der Waals surface area contributed by atoms with Crippen LogP contribution in [0.25, 0.3) is 10.9 Å². The van der Waals surface area contributed by atoms with Crippen molar-refractivity contribution in [2.45, 2.75) is 6.42 Å². The smallest absolute Gasteiger partial charge is 0.224 e. The molecule has 2 aromatic rings. The van der Waals surface area contributed by atoms with E-state index in [9.17, 15) is 0 Å². The van der Waals surface area contributed by atoms with Crippen LogP contribution in [0, 0.1) is 0 Å². The largest absolute Gasteiger partial charge is 0.493 e. The number of halogens is 1. The van der Waals surface area contributed by atoms with E-state index in [4.69, 9.17) is 26.2 Å². The molecule has 0 bridgehead atoms. The third-order valence-electron chi connectivity index (χ3n) is 2.80. The average molecular weight is 298 g/mol. The van der Waals surface area contributed by atoms with Gasteiger partial charge in [0.2, 0.25) is 5.28 Å². The van der Waals surface area contributed by atoms with Gasteiger partial charge in [-0.15, -0.1) is 0 Å². The van der Waals surface area contributed by atoms with E-state index in [0.717, 1.165) is 5.39 Å². The minimum atomic E-state index is 0.112. The molecule has 108 valence electrons. The number of rotatable bonds is 6. The van der Waals surface area contributed by atoms with Crippen LogP contribution in [0.4, 0.5) is 5.82 Å². The minimum Gasteiger partial charge on any atom is -0.493 e. The van der Waals surface area contributed by atoms with Gasteiger partial charge in [0.05, 0.1) is 19.7 Å². The monoisotopic (exact) mass is 297 g/mol. The highest BCUT2D eigenvalue weighted by Crippen LogP contribution is 2.34. The van der Waals surface area contributed by atoms with Gasteiger partial charge in [0, 0.05) is 24.6 Å². The van der Waals surface area contributed by atoms with Crippen LogP contribution < -0.4 is 14.8 Å². The van der Waals surface area contributed by atoms with Crippen LogP contribution in [0.3, 0.4) is 0 Å². The van der Waals surface area contributed by atoms with Gasteiger partial charge in [-0.25, -0.2) is 9.97 Å². The predicted molar refractivity (Wildman–Crippen MR) is 77.8 cm³/mol. The van der Waals surface area contributed by atoms with Crippen molar-refractivity contribution >= 4 is 28.3 Å². The van der Waals surface area contributed by atoms with Crippen molar-refractivity contribution in [2.75, 3.05) is 32.7 Å². The zero-order valence-electron chi connectivity index (χ0n) is 11.3. The van der Waals surface area contributed by atoms with Gasteiger partial charge in [-0.3, -0.25) is 0 Å². The highest BCUT2D eigenvalue weighted by Gasteiger charge is 2.12. The van der Waals surface area contributed by atoms with Crippen molar-refractivity contribution in [1.29, 1.82) is 0 Å². The molecule has 2 N–H and O–H groups in total. The fourth-order valence-corrected chi connectivity index (χ4v) is 2.02. The molecule has 2 rings (SSSR count).